The van der Waals surface area contributed by atoms with Gasteiger partial charge in [0.15, 0.2) is 11.5 Å². The lowest BCUT2D eigenvalue weighted by Gasteiger charge is -2.36. The summed E-state index contributed by atoms with van der Waals surface area (Å²) in [5.41, 5.74) is 0. The van der Waals surface area contributed by atoms with Crippen molar-refractivity contribution in [2.45, 2.75) is 25.0 Å². The molecule has 1 fully saturated rings. The Balaban J connectivity index is 1.64. The number of hydrogen-bond donors (Lipinski definition) is 1. The molecule has 1 saturated heterocycles. The van der Waals surface area contributed by atoms with Crippen molar-refractivity contribution in [1.82, 2.24) is 9.62 Å². The highest BCUT2D eigenvalue weighted by Crippen LogP contribution is 2.31. The molecule has 1 amide bonds. The largest absolute Gasteiger partial charge is 0.485 e. The van der Waals surface area contributed by atoms with Crippen molar-refractivity contribution in [3.8, 4) is 11.5 Å². The molecule has 0 bridgehead atoms. The standard InChI is InChI=1S/C15H20N2O5S/c1-23(19,20)16-11-5-4-8-17(9-11)15(18)14-10-21-12-6-2-3-7-13(12)22-14/h2-3,6-7,11,14,16H,4-5,8-10H2,1H3/t11-,14+/m1/s1. The molecule has 0 radical (unpaired) electrons. The molecule has 23 heavy (non-hydrogen) atoms. The van der Waals surface area contributed by atoms with Crippen LogP contribution in [0.5, 0.6) is 11.5 Å². The van der Waals surface area contributed by atoms with Gasteiger partial charge >= 0.3 is 0 Å². The first-order valence-corrected chi connectivity index (χ1v) is 9.46. The topological polar surface area (TPSA) is 84.9 Å². The van der Waals surface area contributed by atoms with Crippen LogP contribution in [-0.2, 0) is 14.8 Å². The Morgan fingerprint density at radius 1 is 1.30 bits per heavy atom. The van der Waals surface area contributed by atoms with Crippen LogP contribution in [0.15, 0.2) is 24.3 Å². The van der Waals surface area contributed by atoms with Gasteiger partial charge in [-0.25, -0.2) is 13.1 Å². The number of likely N-dealkylation sites (tertiary alicyclic amines) is 1. The van der Waals surface area contributed by atoms with Gasteiger partial charge in [0.25, 0.3) is 5.91 Å². The zero-order chi connectivity index (χ0) is 16.4. The smallest absolute Gasteiger partial charge is 0.267 e. The molecule has 7 nitrogen and oxygen atoms in total. The molecule has 0 unspecified atom stereocenters. The lowest BCUT2D eigenvalue weighted by atomic mass is 10.1. The summed E-state index contributed by atoms with van der Waals surface area (Å²) in [4.78, 5) is 14.3. The first-order valence-electron chi connectivity index (χ1n) is 7.57. The van der Waals surface area contributed by atoms with Crippen LogP contribution < -0.4 is 14.2 Å². The summed E-state index contributed by atoms with van der Waals surface area (Å²) in [6, 6.07) is 6.97. The van der Waals surface area contributed by atoms with E-state index in [0.29, 0.717) is 24.6 Å². The van der Waals surface area contributed by atoms with E-state index in [4.69, 9.17) is 9.47 Å². The average Bonchev–Trinajstić information content (AvgIpc) is 2.52. The van der Waals surface area contributed by atoms with Crippen molar-refractivity contribution in [1.29, 1.82) is 0 Å². The van der Waals surface area contributed by atoms with Crippen LogP contribution in [0.2, 0.25) is 0 Å². The number of rotatable bonds is 3. The van der Waals surface area contributed by atoms with Crippen LogP contribution >= 0.6 is 0 Å². The first-order chi connectivity index (χ1) is 10.9. The van der Waals surface area contributed by atoms with Crippen LogP contribution in [0.25, 0.3) is 0 Å². The summed E-state index contributed by atoms with van der Waals surface area (Å²) < 4.78 is 36.6. The van der Waals surface area contributed by atoms with Crippen molar-refractivity contribution in [2.75, 3.05) is 26.0 Å². The van der Waals surface area contributed by atoms with Crippen LogP contribution in [-0.4, -0.2) is 57.3 Å². The minimum absolute atomic E-state index is 0.163. The van der Waals surface area contributed by atoms with Crippen molar-refractivity contribution in [3.05, 3.63) is 24.3 Å². The fourth-order valence-corrected chi connectivity index (χ4v) is 3.72. The Kier molecular flexibility index (Phi) is 4.45. The van der Waals surface area contributed by atoms with E-state index >= 15 is 0 Å². The molecule has 0 aliphatic carbocycles. The molecule has 126 valence electrons. The number of amides is 1. The number of benzene rings is 1. The van der Waals surface area contributed by atoms with E-state index in [9.17, 15) is 13.2 Å². The molecule has 0 saturated carbocycles. The minimum Gasteiger partial charge on any atom is -0.485 e. The number of hydrogen-bond acceptors (Lipinski definition) is 5. The molecule has 1 N–H and O–H groups in total. The molecule has 2 atom stereocenters. The number of carbonyl (C=O) groups is 1. The van der Waals surface area contributed by atoms with Gasteiger partial charge in [-0.15, -0.1) is 0 Å². The Labute approximate surface area is 135 Å². The Bertz CT molecular complexity index is 691. The van der Waals surface area contributed by atoms with Gasteiger partial charge in [-0.2, -0.15) is 0 Å². The molecular formula is C15H20N2O5S. The molecule has 8 heteroatoms. The van der Waals surface area contributed by atoms with Gasteiger partial charge < -0.3 is 14.4 Å². The lowest BCUT2D eigenvalue weighted by molar-refractivity contribution is -0.142. The van der Waals surface area contributed by atoms with E-state index in [0.717, 1.165) is 19.1 Å². The summed E-state index contributed by atoms with van der Waals surface area (Å²) in [7, 11) is -3.28. The predicted molar refractivity (Wildman–Crippen MR) is 83.9 cm³/mol. The van der Waals surface area contributed by atoms with Crippen LogP contribution in [0, 0.1) is 0 Å². The third kappa shape index (κ3) is 3.94. The maximum absolute atomic E-state index is 12.6. The van der Waals surface area contributed by atoms with E-state index in [-0.39, 0.29) is 18.6 Å². The average molecular weight is 340 g/mol. The summed E-state index contributed by atoms with van der Waals surface area (Å²) in [5, 5.41) is 0. The Morgan fingerprint density at radius 2 is 2.04 bits per heavy atom. The van der Waals surface area contributed by atoms with Gasteiger partial charge in [-0.1, -0.05) is 12.1 Å². The van der Waals surface area contributed by atoms with Crippen molar-refractivity contribution < 1.29 is 22.7 Å². The van der Waals surface area contributed by atoms with Gasteiger partial charge in [-0.3, -0.25) is 4.79 Å². The van der Waals surface area contributed by atoms with Crippen molar-refractivity contribution in [3.63, 3.8) is 0 Å². The molecule has 2 heterocycles. The predicted octanol–water partition coefficient (Wildman–Crippen LogP) is 0.367. The second-order valence-corrected chi connectivity index (χ2v) is 7.66. The number of sulfonamides is 1. The second kappa shape index (κ2) is 6.37. The Hall–Kier alpha value is -1.80. The normalized spacial score (nSPS) is 24.3. The van der Waals surface area contributed by atoms with E-state index in [1.54, 1.807) is 17.0 Å². The maximum Gasteiger partial charge on any atom is 0.267 e. The number of nitrogens with zero attached hydrogens (tertiary/aromatic N) is 1. The van der Waals surface area contributed by atoms with E-state index < -0.39 is 16.1 Å². The molecule has 0 aromatic heterocycles. The fourth-order valence-electron chi connectivity index (χ4n) is 2.92. The molecule has 3 rings (SSSR count). The van der Waals surface area contributed by atoms with E-state index in [1.165, 1.54) is 0 Å². The lowest BCUT2D eigenvalue weighted by Crippen LogP contribution is -2.54. The number of fused-ring (bicyclic) bond motifs is 1. The van der Waals surface area contributed by atoms with Gasteiger partial charge in [0.2, 0.25) is 16.1 Å². The maximum atomic E-state index is 12.6. The van der Waals surface area contributed by atoms with Gasteiger partial charge in [0, 0.05) is 19.1 Å². The zero-order valence-corrected chi connectivity index (χ0v) is 13.7. The van der Waals surface area contributed by atoms with Gasteiger partial charge in [0.1, 0.15) is 6.61 Å². The molecule has 2 aliphatic heterocycles. The van der Waals surface area contributed by atoms with E-state index in [1.807, 2.05) is 12.1 Å². The van der Waals surface area contributed by atoms with Crippen LogP contribution in [0.3, 0.4) is 0 Å². The van der Waals surface area contributed by atoms with Gasteiger partial charge in [-0.05, 0) is 25.0 Å². The highest BCUT2D eigenvalue weighted by Gasteiger charge is 2.34. The fraction of sp³-hybridized carbons (Fsp3) is 0.533. The number of nitrogens with one attached hydrogen (secondary N) is 1. The molecule has 0 spiro atoms. The monoisotopic (exact) mass is 340 g/mol. The minimum atomic E-state index is -3.28. The van der Waals surface area contributed by atoms with Crippen LogP contribution in [0.4, 0.5) is 0 Å². The van der Waals surface area contributed by atoms with Crippen molar-refractivity contribution in [2.24, 2.45) is 0 Å². The number of ether oxygens (including phenoxy) is 2. The van der Waals surface area contributed by atoms with Crippen LogP contribution in [0.1, 0.15) is 12.8 Å². The Morgan fingerprint density at radius 3 is 2.78 bits per heavy atom. The highest BCUT2D eigenvalue weighted by atomic mass is 32.2. The van der Waals surface area contributed by atoms with Gasteiger partial charge in [0.05, 0.1) is 6.26 Å². The molecule has 1 aromatic carbocycles. The molecule has 2 aliphatic rings. The third-order valence-corrected chi connectivity index (χ3v) is 4.66. The summed E-state index contributed by atoms with van der Waals surface area (Å²) in [6.07, 6.45) is 1.91. The summed E-state index contributed by atoms with van der Waals surface area (Å²) >= 11 is 0. The summed E-state index contributed by atoms with van der Waals surface area (Å²) in [6.45, 7) is 1.12. The first kappa shape index (κ1) is 16.1. The highest BCUT2D eigenvalue weighted by molar-refractivity contribution is 7.88. The molecule has 1 aromatic rings. The third-order valence-electron chi connectivity index (χ3n) is 3.90. The number of carbonyl (C=O) groups excluding carboxylic acids is 1. The zero-order valence-electron chi connectivity index (χ0n) is 12.9. The van der Waals surface area contributed by atoms with E-state index in [2.05, 4.69) is 4.72 Å². The quantitative estimate of drug-likeness (QED) is 0.859. The summed E-state index contributed by atoms with van der Waals surface area (Å²) in [5.74, 6) is 1.02. The number of para-hydroxylation sites is 2. The SMILES string of the molecule is CS(=O)(=O)N[C@@H]1CCCN(C(=O)[C@@H]2COc3ccccc3O2)C1. The second-order valence-electron chi connectivity index (χ2n) is 5.88. The van der Waals surface area contributed by atoms with Crippen molar-refractivity contribution >= 4 is 15.9 Å². The molecular weight excluding hydrogens is 320 g/mol. The number of piperidine rings is 1.